The third-order valence-corrected chi connectivity index (χ3v) is 7.66. The molecule has 4 aromatic carbocycles. The van der Waals surface area contributed by atoms with Gasteiger partial charge < -0.3 is 20.1 Å². The topological polar surface area (TPSA) is 59.6 Å². The molecule has 1 spiro atoms. The van der Waals surface area contributed by atoms with E-state index in [1.165, 1.54) is 5.56 Å². The third-order valence-electron chi connectivity index (χ3n) is 7.66. The van der Waals surface area contributed by atoms with Crippen LogP contribution in [-0.2, 0) is 10.3 Å². The summed E-state index contributed by atoms with van der Waals surface area (Å²) in [7, 11) is 0. The Labute approximate surface area is 210 Å². The Bertz CT molecular complexity index is 1510. The number of carbonyl (C=O) groups excluding carboxylic acids is 1. The highest BCUT2D eigenvalue weighted by atomic mass is 16.6. The van der Waals surface area contributed by atoms with E-state index in [2.05, 4.69) is 29.7 Å². The summed E-state index contributed by atoms with van der Waals surface area (Å²) in [5, 5.41) is 7.04. The number of hydrogen-bond acceptors (Lipinski definition) is 5. The van der Waals surface area contributed by atoms with Crippen LogP contribution in [0.15, 0.2) is 84.9 Å². The first-order valence-corrected chi connectivity index (χ1v) is 12.5. The predicted octanol–water partition coefficient (Wildman–Crippen LogP) is 6.38. The summed E-state index contributed by atoms with van der Waals surface area (Å²) in [5.74, 6) is 1.48. The first-order chi connectivity index (χ1) is 17.6. The quantitative estimate of drug-likeness (QED) is 0.337. The number of para-hydroxylation sites is 1. The minimum Gasteiger partial charge on any atom is -0.456 e. The normalized spacial score (nSPS) is 21.4. The van der Waals surface area contributed by atoms with E-state index in [-0.39, 0.29) is 5.97 Å². The molecule has 1 saturated heterocycles. The number of fused-ring (bicyclic) bond motifs is 6. The van der Waals surface area contributed by atoms with Crippen molar-refractivity contribution in [1.82, 2.24) is 5.32 Å². The Kier molecular flexibility index (Phi) is 4.70. The molecular weight excluding hydrogens is 448 g/mol. The molecule has 0 aliphatic carbocycles. The van der Waals surface area contributed by atoms with E-state index < -0.39 is 5.60 Å². The Morgan fingerprint density at radius 1 is 0.917 bits per heavy atom. The van der Waals surface area contributed by atoms with Gasteiger partial charge >= 0.3 is 5.97 Å². The van der Waals surface area contributed by atoms with Gasteiger partial charge in [0.2, 0.25) is 0 Å². The fourth-order valence-corrected chi connectivity index (χ4v) is 5.98. The highest BCUT2D eigenvalue weighted by Gasteiger charge is 2.55. The van der Waals surface area contributed by atoms with Gasteiger partial charge in [-0.2, -0.15) is 0 Å². The maximum absolute atomic E-state index is 13.3. The van der Waals surface area contributed by atoms with Crippen molar-refractivity contribution in [2.45, 2.75) is 24.9 Å². The molecule has 178 valence electrons. The second-order valence-electron chi connectivity index (χ2n) is 9.78. The maximum Gasteiger partial charge on any atom is 0.340 e. The van der Waals surface area contributed by atoms with E-state index in [1.807, 2.05) is 72.8 Å². The van der Waals surface area contributed by atoms with Crippen LogP contribution in [0.2, 0.25) is 0 Å². The number of anilines is 2. The van der Waals surface area contributed by atoms with Crippen molar-refractivity contribution in [3.05, 3.63) is 118 Å². The smallest absolute Gasteiger partial charge is 0.340 e. The average Bonchev–Trinajstić information content (AvgIpc) is 3.53. The molecular formula is C31H26N2O3. The monoisotopic (exact) mass is 474 g/mol. The van der Waals surface area contributed by atoms with Gasteiger partial charge in [0.1, 0.15) is 11.5 Å². The fourth-order valence-electron chi connectivity index (χ4n) is 5.98. The lowest BCUT2D eigenvalue weighted by molar-refractivity contribution is 0.0221. The molecule has 3 aliphatic rings. The number of hydrogen-bond donors (Lipinski definition) is 2. The second-order valence-corrected chi connectivity index (χ2v) is 9.78. The SMILES string of the molecule is Cc1cc2c(cc1Nc1ccccc1)C1(OC(=O)c3ccccc31)c1c(cccc1C1CCNC1)O2. The van der Waals surface area contributed by atoms with E-state index >= 15 is 0 Å². The number of rotatable bonds is 3. The maximum atomic E-state index is 13.3. The average molecular weight is 475 g/mol. The lowest BCUT2D eigenvalue weighted by atomic mass is 9.73. The number of ether oxygens (including phenoxy) is 2. The van der Waals surface area contributed by atoms with Crippen molar-refractivity contribution >= 4 is 17.3 Å². The van der Waals surface area contributed by atoms with Crippen LogP contribution in [0.1, 0.15) is 50.5 Å². The molecule has 1 fully saturated rings. The zero-order chi connectivity index (χ0) is 24.3. The molecule has 0 aromatic heterocycles. The summed E-state index contributed by atoms with van der Waals surface area (Å²) in [6.45, 7) is 3.93. The van der Waals surface area contributed by atoms with Crippen LogP contribution >= 0.6 is 0 Å². The Hall–Kier alpha value is -4.09. The Morgan fingerprint density at radius 3 is 2.58 bits per heavy atom. The van der Waals surface area contributed by atoms with E-state index in [9.17, 15) is 4.79 Å². The predicted molar refractivity (Wildman–Crippen MR) is 139 cm³/mol. The summed E-state index contributed by atoms with van der Waals surface area (Å²) >= 11 is 0. The van der Waals surface area contributed by atoms with Gasteiger partial charge in [0.25, 0.3) is 0 Å². The van der Waals surface area contributed by atoms with Crippen LogP contribution < -0.4 is 15.4 Å². The minimum absolute atomic E-state index is 0.304. The highest BCUT2D eigenvalue weighted by Crippen LogP contribution is 2.58. The van der Waals surface area contributed by atoms with Gasteiger partial charge in [0.05, 0.1) is 11.1 Å². The van der Waals surface area contributed by atoms with E-state index in [1.54, 1.807) is 0 Å². The van der Waals surface area contributed by atoms with Crippen molar-refractivity contribution in [2.24, 2.45) is 0 Å². The van der Waals surface area contributed by atoms with Gasteiger partial charge in [-0.1, -0.05) is 48.5 Å². The molecule has 7 rings (SSSR count). The molecule has 3 aliphatic heterocycles. The Morgan fingerprint density at radius 2 is 1.75 bits per heavy atom. The zero-order valence-electron chi connectivity index (χ0n) is 20.0. The van der Waals surface area contributed by atoms with Crippen molar-refractivity contribution in [3.63, 3.8) is 0 Å². The molecule has 36 heavy (non-hydrogen) atoms. The van der Waals surface area contributed by atoms with Crippen LogP contribution in [0.4, 0.5) is 11.4 Å². The number of carbonyl (C=O) groups is 1. The molecule has 0 radical (unpaired) electrons. The van der Waals surface area contributed by atoms with Crippen molar-refractivity contribution in [2.75, 3.05) is 18.4 Å². The van der Waals surface area contributed by atoms with Gasteiger partial charge in [0.15, 0.2) is 5.60 Å². The van der Waals surface area contributed by atoms with Gasteiger partial charge in [0, 0.05) is 29.0 Å². The number of aryl methyl sites for hydroxylation is 1. The summed E-state index contributed by atoms with van der Waals surface area (Å²) in [5.41, 5.74) is 6.35. The lowest BCUT2D eigenvalue weighted by Gasteiger charge is -2.39. The standard InChI is InChI=1S/C31H26N2O3/c1-19-16-28-25(17-26(19)33-21-8-3-2-4-9-21)31(24-12-6-5-10-23(24)30(34)36-31)29-22(20-14-15-32-18-20)11-7-13-27(29)35-28/h2-13,16-17,20,32-33H,14-15,18H2,1H3. The molecule has 4 aromatic rings. The summed E-state index contributed by atoms with van der Waals surface area (Å²) in [4.78, 5) is 13.3. The van der Waals surface area contributed by atoms with Gasteiger partial charge in [-0.3, -0.25) is 0 Å². The van der Waals surface area contributed by atoms with Crippen LogP contribution in [0, 0.1) is 6.92 Å². The molecule has 5 heteroatoms. The molecule has 2 unspecified atom stereocenters. The van der Waals surface area contributed by atoms with Gasteiger partial charge in [-0.25, -0.2) is 4.79 Å². The van der Waals surface area contributed by atoms with Crippen LogP contribution in [0.5, 0.6) is 11.5 Å². The van der Waals surface area contributed by atoms with Crippen molar-refractivity contribution in [1.29, 1.82) is 0 Å². The van der Waals surface area contributed by atoms with E-state index in [0.717, 1.165) is 58.9 Å². The van der Waals surface area contributed by atoms with Crippen molar-refractivity contribution < 1.29 is 14.3 Å². The summed E-state index contributed by atoms with van der Waals surface area (Å²) < 4.78 is 13.1. The first-order valence-electron chi connectivity index (χ1n) is 12.5. The van der Waals surface area contributed by atoms with Crippen LogP contribution in [0.3, 0.4) is 0 Å². The fraction of sp³-hybridized carbons (Fsp3) is 0.194. The molecule has 2 N–H and O–H groups in total. The highest BCUT2D eigenvalue weighted by molar-refractivity contribution is 5.97. The van der Waals surface area contributed by atoms with Gasteiger partial charge in [-0.05, 0) is 73.3 Å². The first kappa shape index (κ1) is 21.2. The van der Waals surface area contributed by atoms with E-state index in [4.69, 9.17) is 9.47 Å². The molecule has 0 saturated carbocycles. The van der Waals surface area contributed by atoms with Gasteiger partial charge in [-0.15, -0.1) is 0 Å². The summed E-state index contributed by atoms with van der Waals surface area (Å²) in [6, 6.07) is 28.2. The van der Waals surface area contributed by atoms with Crippen LogP contribution in [0.25, 0.3) is 0 Å². The molecule has 2 atom stereocenters. The Balaban J connectivity index is 1.51. The van der Waals surface area contributed by atoms with Crippen molar-refractivity contribution in [3.8, 4) is 11.5 Å². The molecule has 5 nitrogen and oxygen atoms in total. The zero-order valence-corrected chi connectivity index (χ0v) is 20.0. The second kappa shape index (κ2) is 7.97. The van der Waals surface area contributed by atoms with Crippen LogP contribution in [-0.4, -0.2) is 19.1 Å². The molecule has 0 amide bonds. The lowest BCUT2D eigenvalue weighted by Crippen LogP contribution is -2.35. The molecule has 3 heterocycles. The number of esters is 1. The number of benzene rings is 4. The third kappa shape index (κ3) is 3.02. The minimum atomic E-state index is -1.07. The largest absolute Gasteiger partial charge is 0.456 e. The summed E-state index contributed by atoms with van der Waals surface area (Å²) in [6.07, 6.45) is 1.03. The molecule has 0 bridgehead atoms. The van der Waals surface area contributed by atoms with E-state index in [0.29, 0.717) is 17.2 Å². The number of nitrogens with one attached hydrogen (secondary N) is 2.